The topological polar surface area (TPSA) is 80.3 Å². The van der Waals surface area contributed by atoms with Crippen LogP contribution in [0.15, 0.2) is 42.7 Å². The summed E-state index contributed by atoms with van der Waals surface area (Å²) in [6, 6.07) is 8.55. The van der Waals surface area contributed by atoms with Crippen molar-refractivity contribution in [2.45, 2.75) is 45.4 Å². The zero-order valence-electron chi connectivity index (χ0n) is 16.0. The van der Waals surface area contributed by atoms with Crippen molar-refractivity contribution in [2.24, 2.45) is 0 Å². The van der Waals surface area contributed by atoms with Crippen LogP contribution < -0.4 is 15.4 Å². The van der Waals surface area contributed by atoms with Gasteiger partial charge in [0.1, 0.15) is 5.75 Å². The van der Waals surface area contributed by atoms with Crippen molar-refractivity contribution in [1.82, 2.24) is 4.98 Å². The fourth-order valence-electron chi connectivity index (χ4n) is 2.68. The fraction of sp³-hybridized carbons (Fsp3) is 0.381. The lowest BCUT2D eigenvalue weighted by atomic mass is 10.1. The third-order valence-electron chi connectivity index (χ3n) is 4.16. The summed E-state index contributed by atoms with van der Waals surface area (Å²) in [5.41, 5.74) is 1.63. The van der Waals surface area contributed by atoms with Crippen LogP contribution in [0.5, 0.6) is 5.75 Å². The molecule has 6 heteroatoms. The van der Waals surface area contributed by atoms with Crippen LogP contribution in [0.25, 0.3) is 0 Å². The lowest BCUT2D eigenvalue weighted by Gasteiger charge is -2.12. The van der Waals surface area contributed by atoms with E-state index in [1.165, 1.54) is 32.6 Å². The molecule has 2 rings (SSSR count). The lowest BCUT2D eigenvalue weighted by Crippen LogP contribution is -2.14. The quantitative estimate of drug-likeness (QED) is 0.598. The van der Waals surface area contributed by atoms with Gasteiger partial charge in [0.25, 0.3) is 5.91 Å². The molecule has 1 aromatic heterocycles. The van der Waals surface area contributed by atoms with Crippen LogP contribution in [0.3, 0.4) is 0 Å². The number of hydrogen-bond donors (Lipinski definition) is 2. The molecule has 0 radical (unpaired) electrons. The van der Waals surface area contributed by atoms with Crippen molar-refractivity contribution < 1.29 is 14.3 Å². The first-order valence-corrected chi connectivity index (χ1v) is 9.33. The van der Waals surface area contributed by atoms with Gasteiger partial charge in [0.2, 0.25) is 5.91 Å². The maximum atomic E-state index is 12.3. The maximum absolute atomic E-state index is 12.3. The molecule has 0 bridgehead atoms. The van der Waals surface area contributed by atoms with Gasteiger partial charge in [-0.05, 0) is 30.7 Å². The Hall–Kier alpha value is -2.89. The third kappa shape index (κ3) is 6.73. The van der Waals surface area contributed by atoms with E-state index in [1.54, 1.807) is 36.5 Å². The highest BCUT2D eigenvalue weighted by atomic mass is 16.5. The highest BCUT2D eigenvalue weighted by Gasteiger charge is 2.11. The summed E-state index contributed by atoms with van der Waals surface area (Å²) in [7, 11) is 1.52. The largest absolute Gasteiger partial charge is 0.494 e. The van der Waals surface area contributed by atoms with Crippen molar-refractivity contribution in [1.29, 1.82) is 0 Å². The van der Waals surface area contributed by atoms with E-state index >= 15 is 0 Å². The molecule has 0 aliphatic carbocycles. The number of hydrogen-bond acceptors (Lipinski definition) is 4. The molecule has 1 aromatic carbocycles. The molecule has 27 heavy (non-hydrogen) atoms. The minimum Gasteiger partial charge on any atom is -0.494 e. The van der Waals surface area contributed by atoms with E-state index in [1.807, 2.05) is 0 Å². The predicted octanol–water partition coefficient (Wildman–Crippen LogP) is 4.64. The molecule has 0 unspecified atom stereocenters. The number of nitrogens with zero attached hydrogens (tertiary/aromatic N) is 1. The summed E-state index contributed by atoms with van der Waals surface area (Å²) < 4.78 is 5.35. The lowest BCUT2D eigenvalue weighted by molar-refractivity contribution is -0.116. The first kappa shape index (κ1) is 20.4. The monoisotopic (exact) mass is 369 g/mol. The number of carbonyl (C=O) groups is 2. The Bertz CT molecular complexity index is 748. The molecule has 0 aliphatic rings. The predicted molar refractivity (Wildman–Crippen MR) is 107 cm³/mol. The molecule has 0 saturated carbocycles. The Morgan fingerprint density at radius 2 is 1.89 bits per heavy atom. The number of benzene rings is 1. The van der Waals surface area contributed by atoms with Crippen LogP contribution in [-0.4, -0.2) is 23.9 Å². The first-order chi connectivity index (χ1) is 13.1. The maximum Gasteiger partial charge on any atom is 0.257 e. The van der Waals surface area contributed by atoms with E-state index in [0.29, 0.717) is 29.1 Å². The SMILES string of the molecule is CCCCCCCC(=O)Nc1ccc(NC(=O)c2cccnc2)c(OC)c1. The van der Waals surface area contributed by atoms with Crippen LogP contribution in [0, 0.1) is 0 Å². The molecule has 144 valence electrons. The Balaban J connectivity index is 1.93. The number of nitrogens with one attached hydrogen (secondary N) is 2. The smallest absolute Gasteiger partial charge is 0.257 e. The Labute approximate surface area is 160 Å². The molecule has 0 spiro atoms. The summed E-state index contributed by atoms with van der Waals surface area (Å²) in [6.45, 7) is 2.17. The number of pyridine rings is 1. The normalized spacial score (nSPS) is 10.3. The number of ether oxygens (including phenoxy) is 1. The molecule has 0 fully saturated rings. The third-order valence-corrected chi connectivity index (χ3v) is 4.16. The molecule has 1 heterocycles. The molecular formula is C21H27N3O3. The molecule has 2 N–H and O–H groups in total. The minimum atomic E-state index is -0.273. The highest BCUT2D eigenvalue weighted by Crippen LogP contribution is 2.28. The van der Waals surface area contributed by atoms with Crippen LogP contribution >= 0.6 is 0 Å². The van der Waals surface area contributed by atoms with Crippen molar-refractivity contribution in [3.05, 3.63) is 48.3 Å². The number of aromatic nitrogens is 1. The second kappa shape index (κ2) is 11.0. The van der Waals surface area contributed by atoms with Crippen molar-refractivity contribution >= 4 is 23.2 Å². The number of methoxy groups -OCH3 is 1. The van der Waals surface area contributed by atoms with Gasteiger partial charge in [-0.2, -0.15) is 0 Å². The van der Waals surface area contributed by atoms with Gasteiger partial charge >= 0.3 is 0 Å². The standard InChI is InChI=1S/C21H27N3O3/c1-3-4-5-6-7-10-20(25)23-17-11-12-18(19(14-17)27-2)24-21(26)16-9-8-13-22-15-16/h8-9,11-15H,3-7,10H2,1-2H3,(H,23,25)(H,24,26). The van der Waals surface area contributed by atoms with E-state index < -0.39 is 0 Å². The van der Waals surface area contributed by atoms with Gasteiger partial charge in [0, 0.05) is 30.6 Å². The van der Waals surface area contributed by atoms with Gasteiger partial charge in [0.15, 0.2) is 0 Å². The number of unbranched alkanes of at least 4 members (excludes halogenated alkanes) is 4. The van der Waals surface area contributed by atoms with Crippen LogP contribution in [0.1, 0.15) is 55.8 Å². The zero-order valence-corrected chi connectivity index (χ0v) is 16.0. The first-order valence-electron chi connectivity index (χ1n) is 9.33. The molecule has 2 amide bonds. The van der Waals surface area contributed by atoms with Gasteiger partial charge in [0.05, 0.1) is 18.4 Å². The van der Waals surface area contributed by atoms with E-state index in [2.05, 4.69) is 22.5 Å². The summed E-state index contributed by atoms with van der Waals surface area (Å²) >= 11 is 0. The molecule has 2 aromatic rings. The Morgan fingerprint density at radius 3 is 2.59 bits per heavy atom. The van der Waals surface area contributed by atoms with Gasteiger partial charge in [-0.1, -0.05) is 32.6 Å². The van der Waals surface area contributed by atoms with E-state index in [0.717, 1.165) is 12.8 Å². The van der Waals surface area contributed by atoms with Gasteiger partial charge in [-0.3, -0.25) is 14.6 Å². The summed E-state index contributed by atoms with van der Waals surface area (Å²) in [5.74, 6) is 0.193. The fourth-order valence-corrected chi connectivity index (χ4v) is 2.68. The minimum absolute atomic E-state index is 0.0132. The molecular weight excluding hydrogens is 342 g/mol. The molecule has 0 aliphatic heterocycles. The molecule has 0 atom stereocenters. The Kier molecular flexibility index (Phi) is 8.29. The Morgan fingerprint density at radius 1 is 1.07 bits per heavy atom. The summed E-state index contributed by atoms with van der Waals surface area (Å²) in [5, 5.41) is 5.67. The molecule has 6 nitrogen and oxygen atoms in total. The van der Waals surface area contributed by atoms with Gasteiger partial charge in [-0.15, -0.1) is 0 Å². The molecule has 0 saturated heterocycles. The average molecular weight is 369 g/mol. The van der Waals surface area contributed by atoms with Gasteiger partial charge < -0.3 is 15.4 Å². The average Bonchev–Trinajstić information content (AvgIpc) is 2.69. The second-order valence-electron chi connectivity index (χ2n) is 6.32. The van der Waals surface area contributed by atoms with Crippen molar-refractivity contribution in [2.75, 3.05) is 17.7 Å². The number of rotatable bonds is 10. The van der Waals surface area contributed by atoms with Crippen LogP contribution in [-0.2, 0) is 4.79 Å². The zero-order chi connectivity index (χ0) is 19.5. The highest BCUT2D eigenvalue weighted by molar-refractivity contribution is 6.05. The van der Waals surface area contributed by atoms with Crippen LogP contribution in [0.4, 0.5) is 11.4 Å². The number of anilines is 2. The number of carbonyl (C=O) groups excluding carboxylic acids is 2. The van der Waals surface area contributed by atoms with E-state index in [9.17, 15) is 9.59 Å². The number of amides is 2. The van der Waals surface area contributed by atoms with Crippen molar-refractivity contribution in [3.63, 3.8) is 0 Å². The second-order valence-corrected chi connectivity index (χ2v) is 6.32. The van der Waals surface area contributed by atoms with Gasteiger partial charge in [-0.25, -0.2) is 0 Å². The van der Waals surface area contributed by atoms with E-state index in [4.69, 9.17) is 4.74 Å². The van der Waals surface area contributed by atoms with Crippen LogP contribution in [0.2, 0.25) is 0 Å². The summed E-state index contributed by atoms with van der Waals surface area (Å²) in [4.78, 5) is 28.3. The van der Waals surface area contributed by atoms with E-state index in [-0.39, 0.29) is 11.8 Å². The van der Waals surface area contributed by atoms with Crippen molar-refractivity contribution in [3.8, 4) is 5.75 Å². The summed E-state index contributed by atoms with van der Waals surface area (Å²) in [6.07, 6.45) is 9.15.